The average Bonchev–Trinajstić information content (AvgIpc) is 2.86. The summed E-state index contributed by atoms with van der Waals surface area (Å²) in [6.07, 6.45) is 2.11. The number of methoxy groups -OCH3 is 1. The number of aliphatic hydroxyl groups is 1. The van der Waals surface area contributed by atoms with Crippen LogP contribution in [0.5, 0.6) is 0 Å². The first-order chi connectivity index (χ1) is 17.1. The van der Waals surface area contributed by atoms with Crippen LogP contribution in [0.4, 0.5) is 4.79 Å². The van der Waals surface area contributed by atoms with Gasteiger partial charge in [-0.1, -0.05) is 54.6 Å². The molecule has 190 valence electrons. The van der Waals surface area contributed by atoms with Gasteiger partial charge in [0, 0.05) is 45.8 Å². The Balaban J connectivity index is 1.54. The van der Waals surface area contributed by atoms with Crippen LogP contribution in [-0.2, 0) is 22.1 Å². The highest BCUT2D eigenvalue weighted by Gasteiger charge is 2.47. The van der Waals surface area contributed by atoms with Gasteiger partial charge in [0.05, 0.1) is 18.2 Å². The number of aryl methyl sites for hydroxylation is 1. The van der Waals surface area contributed by atoms with Gasteiger partial charge >= 0.3 is 6.09 Å². The van der Waals surface area contributed by atoms with Crippen LogP contribution >= 0.6 is 0 Å². The van der Waals surface area contributed by atoms with Crippen molar-refractivity contribution in [3.8, 4) is 11.1 Å². The van der Waals surface area contributed by atoms with Gasteiger partial charge < -0.3 is 24.0 Å². The summed E-state index contributed by atoms with van der Waals surface area (Å²) in [5.41, 5.74) is 1.46. The number of nitrogens with zero attached hydrogens (tertiary/aromatic N) is 2. The summed E-state index contributed by atoms with van der Waals surface area (Å²) >= 11 is 0. The van der Waals surface area contributed by atoms with E-state index in [9.17, 15) is 14.7 Å². The topological polar surface area (TPSA) is 81.0 Å². The maximum absolute atomic E-state index is 13.4. The molecule has 2 heterocycles. The van der Waals surface area contributed by atoms with E-state index in [1.165, 1.54) is 4.57 Å². The number of aromatic nitrogens is 1. The molecule has 1 fully saturated rings. The molecular weight excluding hydrogens is 456 g/mol. The Morgan fingerprint density at radius 2 is 1.78 bits per heavy atom. The predicted molar refractivity (Wildman–Crippen MR) is 139 cm³/mol. The monoisotopic (exact) mass is 490 g/mol. The van der Waals surface area contributed by atoms with Gasteiger partial charge in [0.15, 0.2) is 0 Å². The lowest BCUT2D eigenvalue weighted by atomic mass is 9.79. The quantitative estimate of drug-likeness (QED) is 0.498. The van der Waals surface area contributed by atoms with Crippen molar-refractivity contribution in [3.63, 3.8) is 0 Å². The minimum Gasteiger partial charge on any atom is -0.438 e. The highest BCUT2D eigenvalue weighted by Crippen LogP contribution is 2.42. The Labute approximate surface area is 211 Å². The predicted octanol–water partition coefficient (Wildman–Crippen LogP) is 4.64. The first-order valence-electron chi connectivity index (χ1n) is 12.2. The molecule has 0 aliphatic carbocycles. The molecule has 0 spiro atoms. The Kier molecular flexibility index (Phi) is 7.33. The van der Waals surface area contributed by atoms with Crippen molar-refractivity contribution >= 4 is 6.09 Å². The number of hydrogen-bond acceptors (Lipinski definition) is 5. The lowest BCUT2D eigenvalue weighted by molar-refractivity contribution is -0.121. The van der Waals surface area contributed by atoms with Crippen molar-refractivity contribution in [1.82, 2.24) is 9.47 Å². The number of carbonyl (C=O) groups excluding carboxylic acids is 1. The molecule has 7 nitrogen and oxygen atoms in total. The zero-order chi connectivity index (χ0) is 25.9. The van der Waals surface area contributed by atoms with Crippen LogP contribution in [0.1, 0.15) is 43.9 Å². The average molecular weight is 491 g/mol. The Hall–Kier alpha value is -3.42. The Morgan fingerprint density at radius 3 is 2.39 bits per heavy atom. The molecule has 1 aliphatic heterocycles. The summed E-state index contributed by atoms with van der Waals surface area (Å²) in [6.45, 7) is 4.30. The highest BCUT2D eigenvalue weighted by molar-refractivity contribution is 5.70. The van der Waals surface area contributed by atoms with Gasteiger partial charge in [0.2, 0.25) is 0 Å². The minimum atomic E-state index is -1.16. The van der Waals surface area contributed by atoms with E-state index in [1.807, 2.05) is 67.6 Å². The molecule has 3 aromatic rings. The second-order valence-electron chi connectivity index (χ2n) is 9.94. The van der Waals surface area contributed by atoms with Gasteiger partial charge in [-0.15, -0.1) is 0 Å². The summed E-state index contributed by atoms with van der Waals surface area (Å²) < 4.78 is 12.9. The third-order valence-corrected chi connectivity index (χ3v) is 6.99. The zero-order valence-corrected chi connectivity index (χ0v) is 21.3. The van der Waals surface area contributed by atoms with Crippen LogP contribution in [0.15, 0.2) is 77.7 Å². The lowest BCUT2D eigenvalue weighted by Crippen LogP contribution is -2.52. The first kappa shape index (κ1) is 25.7. The van der Waals surface area contributed by atoms with Gasteiger partial charge in [-0.05, 0) is 42.2 Å². The SMILES string of the molecule is COCC(C)(O)CC1(c2ccccc2)CCN([C@@H](C)c2ccc(-c3ccn(C)c(=O)c3)cc2)C(=O)O1. The maximum Gasteiger partial charge on any atom is 0.411 e. The summed E-state index contributed by atoms with van der Waals surface area (Å²) in [6, 6.07) is 20.8. The number of benzene rings is 2. The summed E-state index contributed by atoms with van der Waals surface area (Å²) in [7, 11) is 3.27. The number of rotatable bonds is 8. The molecule has 2 unspecified atom stereocenters. The molecule has 1 N–H and O–H groups in total. The van der Waals surface area contributed by atoms with Crippen molar-refractivity contribution in [2.75, 3.05) is 20.3 Å². The third-order valence-electron chi connectivity index (χ3n) is 6.99. The third kappa shape index (κ3) is 5.37. The van der Waals surface area contributed by atoms with E-state index >= 15 is 0 Å². The molecule has 0 bridgehead atoms. The molecule has 1 amide bonds. The van der Waals surface area contributed by atoms with Gasteiger partial charge in [0.1, 0.15) is 5.60 Å². The summed E-state index contributed by atoms with van der Waals surface area (Å²) in [4.78, 5) is 27.1. The van der Waals surface area contributed by atoms with E-state index < -0.39 is 17.3 Å². The molecule has 36 heavy (non-hydrogen) atoms. The molecule has 1 saturated heterocycles. The van der Waals surface area contributed by atoms with Gasteiger partial charge in [-0.3, -0.25) is 4.79 Å². The van der Waals surface area contributed by atoms with Crippen molar-refractivity contribution in [2.24, 2.45) is 7.05 Å². The van der Waals surface area contributed by atoms with E-state index in [0.717, 1.165) is 22.3 Å². The van der Waals surface area contributed by atoms with Crippen molar-refractivity contribution in [3.05, 3.63) is 94.4 Å². The molecule has 1 aliphatic rings. The van der Waals surface area contributed by atoms with Crippen molar-refractivity contribution in [2.45, 2.75) is 43.9 Å². The minimum absolute atomic E-state index is 0.0626. The fourth-order valence-electron chi connectivity index (χ4n) is 5.03. The van der Waals surface area contributed by atoms with Crippen LogP contribution in [-0.4, -0.2) is 46.5 Å². The van der Waals surface area contributed by atoms with E-state index in [0.29, 0.717) is 13.0 Å². The van der Waals surface area contributed by atoms with Gasteiger partial charge in [0.25, 0.3) is 5.56 Å². The molecule has 3 atom stereocenters. The standard InChI is InChI=1S/C29H34N2O5/c1-21(22-10-12-23(13-11-22)24-14-16-30(3)26(32)18-24)31-17-15-29(36-27(31)33,19-28(2,34)20-35-4)25-8-6-5-7-9-25/h5-14,16,18,21,34H,15,17,19-20H2,1-4H3/t21-,28?,29?/m0/s1. The van der Waals surface area contributed by atoms with Crippen LogP contribution < -0.4 is 5.56 Å². The summed E-state index contributed by atoms with van der Waals surface area (Å²) in [5.74, 6) is 0. The molecule has 0 saturated carbocycles. The number of hydrogen-bond donors (Lipinski definition) is 1. The number of cyclic esters (lactones) is 1. The van der Waals surface area contributed by atoms with Crippen LogP contribution in [0.3, 0.4) is 0 Å². The molecule has 4 rings (SSSR count). The van der Waals surface area contributed by atoms with Crippen molar-refractivity contribution in [1.29, 1.82) is 0 Å². The van der Waals surface area contributed by atoms with Crippen LogP contribution in [0.2, 0.25) is 0 Å². The number of amides is 1. The largest absolute Gasteiger partial charge is 0.438 e. The van der Waals surface area contributed by atoms with Gasteiger partial charge in [-0.25, -0.2) is 4.79 Å². The smallest absolute Gasteiger partial charge is 0.411 e. The number of pyridine rings is 1. The maximum atomic E-state index is 13.4. The fraction of sp³-hybridized carbons (Fsp3) is 0.379. The normalized spacial score (nSPS) is 20.5. The second kappa shape index (κ2) is 10.3. The summed E-state index contributed by atoms with van der Waals surface area (Å²) in [5, 5.41) is 10.9. The highest BCUT2D eigenvalue weighted by atomic mass is 16.6. The first-order valence-corrected chi connectivity index (χ1v) is 12.2. The Morgan fingerprint density at radius 1 is 1.08 bits per heavy atom. The van der Waals surface area contributed by atoms with Gasteiger partial charge in [-0.2, -0.15) is 0 Å². The van der Waals surface area contributed by atoms with Crippen molar-refractivity contribution < 1.29 is 19.4 Å². The molecular formula is C29H34N2O5. The van der Waals surface area contributed by atoms with Crippen LogP contribution in [0.25, 0.3) is 11.1 Å². The van der Waals surface area contributed by atoms with E-state index in [1.54, 1.807) is 38.2 Å². The molecule has 0 radical (unpaired) electrons. The molecule has 7 heteroatoms. The van der Waals surface area contributed by atoms with Crippen LogP contribution in [0, 0.1) is 0 Å². The van der Waals surface area contributed by atoms with E-state index in [2.05, 4.69) is 0 Å². The fourth-order valence-corrected chi connectivity index (χ4v) is 5.03. The zero-order valence-electron chi connectivity index (χ0n) is 21.3. The van der Waals surface area contributed by atoms with E-state index in [-0.39, 0.29) is 24.6 Å². The number of ether oxygens (including phenoxy) is 2. The second-order valence-corrected chi connectivity index (χ2v) is 9.94. The Bertz CT molecular complexity index is 1250. The number of carbonyl (C=O) groups is 1. The molecule has 1 aromatic heterocycles. The molecule has 2 aromatic carbocycles. The lowest BCUT2D eigenvalue weighted by Gasteiger charge is -2.46. The van der Waals surface area contributed by atoms with E-state index in [4.69, 9.17) is 9.47 Å².